The van der Waals surface area contributed by atoms with Crippen LogP contribution in [0.2, 0.25) is 0 Å². The van der Waals surface area contributed by atoms with Crippen molar-refractivity contribution in [3.8, 4) is 0 Å². The second kappa shape index (κ2) is 6.78. The highest BCUT2D eigenvalue weighted by Crippen LogP contribution is 2.23. The molecule has 2 heterocycles. The zero-order valence-corrected chi connectivity index (χ0v) is 15.2. The summed E-state index contributed by atoms with van der Waals surface area (Å²) < 4.78 is 13.1. The van der Waals surface area contributed by atoms with Crippen molar-refractivity contribution in [1.82, 2.24) is 14.6 Å². The predicted octanol–water partition coefficient (Wildman–Crippen LogP) is 2.72. The molecule has 0 aliphatic heterocycles. The van der Waals surface area contributed by atoms with Gasteiger partial charge in [-0.05, 0) is 49.4 Å². The van der Waals surface area contributed by atoms with E-state index in [1.807, 2.05) is 20.8 Å². The number of nitrogens with zero attached hydrogens (tertiary/aromatic N) is 4. The molecule has 2 aromatic rings. The van der Waals surface area contributed by atoms with Gasteiger partial charge in [-0.25, -0.2) is 14.3 Å². The van der Waals surface area contributed by atoms with Crippen LogP contribution in [0.15, 0.2) is 18.5 Å². The summed E-state index contributed by atoms with van der Waals surface area (Å²) in [4.78, 5) is 18.4. The molecule has 0 N–H and O–H groups in total. The Morgan fingerprint density at radius 2 is 2.18 bits per heavy atom. The number of aromatic nitrogens is 3. The summed E-state index contributed by atoms with van der Waals surface area (Å²) in [7, 11) is 1.59. The first-order valence-electron chi connectivity index (χ1n) is 6.81. The maximum atomic E-state index is 12.5. The first-order chi connectivity index (χ1) is 10.3. The molecule has 0 aliphatic rings. The molecule has 0 atom stereocenters. The van der Waals surface area contributed by atoms with E-state index in [0.717, 1.165) is 3.70 Å². The van der Waals surface area contributed by atoms with Gasteiger partial charge in [-0.15, -0.1) is 0 Å². The Morgan fingerprint density at radius 3 is 2.82 bits per heavy atom. The van der Waals surface area contributed by atoms with Gasteiger partial charge < -0.3 is 9.47 Å². The van der Waals surface area contributed by atoms with Gasteiger partial charge in [0, 0.05) is 7.11 Å². The molecule has 8 heteroatoms. The van der Waals surface area contributed by atoms with Crippen LogP contribution in [0.5, 0.6) is 0 Å². The number of hydrogen-bond donors (Lipinski definition) is 0. The summed E-state index contributed by atoms with van der Waals surface area (Å²) in [5.41, 5.74) is 0.674. The molecule has 2 aromatic heterocycles. The second-order valence-electron chi connectivity index (χ2n) is 5.66. The molecule has 0 saturated carbocycles. The predicted molar refractivity (Wildman–Crippen MR) is 91.2 cm³/mol. The Morgan fingerprint density at radius 1 is 1.45 bits per heavy atom. The lowest BCUT2D eigenvalue weighted by Crippen LogP contribution is -2.39. The number of imidazole rings is 1. The van der Waals surface area contributed by atoms with Gasteiger partial charge in [-0.2, -0.15) is 5.10 Å². The van der Waals surface area contributed by atoms with Crippen molar-refractivity contribution in [3.05, 3.63) is 22.2 Å². The van der Waals surface area contributed by atoms with E-state index in [2.05, 4.69) is 32.7 Å². The van der Waals surface area contributed by atoms with Gasteiger partial charge in [0.15, 0.2) is 5.65 Å². The van der Waals surface area contributed by atoms with E-state index in [1.54, 1.807) is 30.1 Å². The first kappa shape index (κ1) is 16.9. The standard InChI is InChI=1S/C14H19IN4O3/c1-14(2,3)22-13(20)18(7-8-21-4)10-5-6-17-19-11(15)9-16-12(10)19/h5-6,9H,7-8H2,1-4H3. The number of methoxy groups -OCH3 is 1. The summed E-state index contributed by atoms with van der Waals surface area (Å²) in [6.45, 7) is 6.26. The minimum Gasteiger partial charge on any atom is -0.443 e. The normalized spacial score (nSPS) is 11.7. The number of amides is 1. The van der Waals surface area contributed by atoms with Crippen molar-refractivity contribution in [2.45, 2.75) is 26.4 Å². The number of rotatable bonds is 4. The van der Waals surface area contributed by atoms with Crippen molar-refractivity contribution in [3.63, 3.8) is 0 Å². The molecular weight excluding hydrogens is 399 g/mol. The number of carbonyl (C=O) groups is 1. The van der Waals surface area contributed by atoms with Crippen LogP contribution in [0.25, 0.3) is 5.65 Å². The average Bonchev–Trinajstić information content (AvgIpc) is 2.80. The first-order valence-corrected chi connectivity index (χ1v) is 7.89. The van der Waals surface area contributed by atoms with Crippen molar-refractivity contribution in [2.24, 2.45) is 0 Å². The molecule has 7 nitrogen and oxygen atoms in total. The molecule has 0 saturated heterocycles. The summed E-state index contributed by atoms with van der Waals surface area (Å²) in [6.07, 6.45) is 2.91. The van der Waals surface area contributed by atoms with Gasteiger partial charge in [0.1, 0.15) is 9.30 Å². The van der Waals surface area contributed by atoms with Gasteiger partial charge in [-0.1, -0.05) is 0 Å². The lowest BCUT2D eigenvalue weighted by atomic mass is 10.2. The maximum Gasteiger partial charge on any atom is 0.415 e. The van der Waals surface area contributed by atoms with Crippen LogP contribution in [0, 0.1) is 3.70 Å². The summed E-state index contributed by atoms with van der Waals surface area (Å²) >= 11 is 2.14. The topological polar surface area (TPSA) is 69.0 Å². The molecule has 0 aliphatic carbocycles. The Labute approximate surface area is 142 Å². The highest BCUT2D eigenvalue weighted by molar-refractivity contribution is 14.1. The number of carbonyl (C=O) groups excluding carboxylic acids is 1. The lowest BCUT2D eigenvalue weighted by molar-refractivity contribution is 0.0569. The summed E-state index contributed by atoms with van der Waals surface area (Å²) in [5, 5.41) is 4.23. The minimum absolute atomic E-state index is 0.370. The molecule has 0 fully saturated rings. The van der Waals surface area contributed by atoms with E-state index in [9.17, 15) is 4.79 Å². The van der Waals surface area contributed by atoms with E-state index >= 15 is 0 Å². The molecular formula is C14H19IN4O3. The van der Waals surface area contributed by atoms with Crippen LogP contribution in [0.4, 0.5) is 10.5 Å². The number of fused-ring (bicyclic) bond motifs is 1. The van der Waals surface area contributed by atoms with Gasteiger partial charge >= 0.3 is 6.09 Å². The van der Waals surface area contributed by atoms with E-state index in [0.29, 0.717) is 24.5 Å². The SMILES string of the molecule is COCCN(C(=O)OC(C)(C)C)c1ccnn2c(I)cnc12. The van der Waals surface area contributed by atoms with Crippen LogP contribution in [0.3, 0.4) is 0 Å². The summed E-state index contributed by atoms with van der Waals surface area (Å²) in [5.74, 6) is 0. The zero-order chi connectivity index (χ0) is 16.3. The number of hydrogen-bond acceptors (Lipinski definition) is 5. The van der Waals surface area contributed by atoms with Crippen LogP contribution in [0.1, 0.15) is 20.8 Å². The second-order valence-corrected chi connectivity index (χ2v) is 6.76. The Kier molecular flexibility index (Phi) is 5.22. The lowest BCUT2D eigenvalue weighted by Gasteiger charge is -2.27. The molecule has 22 heavy (non-hydrogen) atoms. The van der Waals surface area contributed by atoms with Crippen LogP contribution in [-0.2, 0) is 9.47 Å². The Balaban J connectivity index is 2.41. The zero-order valence-electron chi connectivity index (χ0n) is 13.0. The van der Waals surface area contributed by atoms with Crippen molar-refractivity contribution in [1.29, 1.82) is 0 Å². The van der Waals surface area contributed by atoms with E-state index in [-0.39, 0.29) is 0 Å². The third kappa shape index (κ3) is 3.86. The monoisotopic (exact) mass is 418 g/mol. The fourth-order valence-electron chi connectivity index (χ4n) is 1.87. The minimum atomic E-state index is -0.574. The smallest absolute Gasteiger partial charge is 0.415 e. The highest BCUT2D eigenvalue weighted by atomic mass is 127. The van der Waals surface area contributed by atoms with Crippen LogP contribution >= 0.6 is 22.6 Å². The number of ether oxygens (including phenoxy) is 2. The van der Waals surface area contributed by atoms with Crippen molar-refractivity contribution >= 4 is 40.0 Å². The molecule has 1 amide bonds. The van der Waals surface area contributed by atoms with Crippen molar-refractivity contribution < 1.29 is 14.3 Å². The van der Waals surface area contributed by atoms with Crippen LogP contribution < -0.4 is 4.90 Å². The molecule has 120 valence electrons. The fourth-order valence-corrected chi connectivity index (χ4v) is 2.37. The van der Waals surface area contributed by atoms with E-state index in [1.165, 1.54) is 4.90 Å². The quantitative estimate of drug-likeness (QED) is 0.715. The largest absolute Gasteiger partial charge is 0.443 e. The van der Waals surface area contributed by atoms with E-state index < -0.39 is 11.7 Å². The number of anilines is 1. The van der Waals surface area contributed by atoms with Gasteiger partial charge in [0.2, 0.25) is 0 Å². The third-order valence-corrected chi connectivity index (χ3v) is 3.50. The van der Waals surface area contributed by atoms with E-state index in [4.69, 9.17) is 9.47 Å². The van der Waals surface area contributed by atoms with Gasteiger partial charge in [0.05, 0.1) is 31.2 Å². The molecule has 0 radical (unpaired) electrons. The number of halogens is 1. The third-order valence-electron chi connectivity index (χ3n) is 2.76. The molecule has 0 unspecified atom stereocenters. The average molecular weight is 418 g/mol. The highest BCUT2D eigenvalue weighted by Gasteiger charge is 2.25. The molecule has 0 aromatic carbocycles. The maximum absolute atomic E-state index is 12.5. The van der Waals surface area contributed by atoms with Gasteiger partial charge in [0.25, 0.3) is 0 Å². The molecule has 0 spiro atoms. The van der Waals surface area contributed by atoms with Crippen LogP contribution in [-0.4, -0.2) is 46.6 Å². The molecule has 0 bridgehead atoms. The van der Waals surface area contributed by atoms with Crippen molar-refractivity contribution in [2.75, 3.05) is 25.2 Å². The summed E-state index contributed by atoms with van der Waals surface area (Å²) in [6, 6.07) is 1.75. The molecule has 2 rings (SSSR count). The fraction of sp³-hybridized carbons (Fsp3) is 0.500. The van der Waals surface area contributed by atoms with Gasteiger partial charge in [-0.3, -0.25) is 4.90 Å². The Bertz CT molecular complexity index is 666. The Hall–Kier alpha value is -1.42.